The monoisotopic (exact) mass is 1650 g/mol. The molecule has 0 fully saturated rings. The van der Waals surface area contributed by atoms with Gasteiger partial charge in [0.05, 0.1) is 5.60 Å². The minimum atomic E-state index is -0.810. The topological polar surface area (TPSA) is 266 Å². The number of hydrogen-bond donors (Lipinski definition) is 6. The second-order valence-corrected chi connectivity index (χ2v) is 42.5. The molecule has 4 atom stereocenters. The Bertz CT molecular complexity index is 3330. The van der Waals surface area contributed by atoms with Crippen LogP contribution < -0.4 is 36.9 Å². The van der Waals surface area contributed by atoms with Gasteiger partial charge in [0.2, 0.25) is 0 Å². The number of aliphatic carboxylic acids is 2. The van der Waals surface area contributed by atoms with E-state index in [1.54, 1.807) is 39.8 Å². The molecule has 0 amide bonds. The number of allylic oxidation sites excluding steroid dienone is 4. The first-order valence-electron chi connectivity index (χ1n) is 31.4. The van der Waals surface area contributed by atoms with Gasteiger partial charge in [-0.1, -0.05) is 36.8 Å². The maximum atomic E-state index is 11.4. The van der Waals surface area contributed by atoms with Crippen LogP contribution in [0.5, 0.6) is 46.0 Å². The summed E-state index contributed by atoms with van der Waals surface area (Å²) < 4.78 is 29.7. The number of carbonyl (C=O) groups excluding carboxylic acids is 2. The van der Waals surface area contributed by atoms with E-state index < -0.39 is 28.7 Å². The fraction of sp³-hybridized carbons (Fsp3) is 0.547. The summed E-state index contributed by atoms with van der Waals surface area (Å²) >= 11 is 5.30. The zero-order valence-corrected chi connectivity index (χ0v) is 65.8. The fourth-order valence-corrected chi connectivity index (χ4v) is 11.2. The van der Waals surface area contributed by atoms with E-state index >= 15 is 0 Å². The van der Waals surface area contributed by atoms with Crippen LogP contribution in [0, 0.1) is 83.1 Å². The summed E-state index contributed by atoms with van der Waals surface area (Å²) in [5.74, 6) is 2.62. The number of benzene rings is 4. The van der Waals surface area contributed by atoms with Gasteiger partial charge in [-0.05, 0) is 288 Å². The molecule has 16 nitrogen and oxygen atoms in total. The number of halogens is 3. The van der Waals surface area contributed by atoms with E-state index in [1.165, 1.54) is 30.6 Å². The van der Waals surface area contributed by atoms with Crippen molar-refractivity contribution in [3.63, 3.8) is 0 Å². The molecule has 0 saturated carbocycles. The van der Waals surface area contributed by atoms with E-state index in [0.717, 1.165) is 154 Å². The Hall–Kier alpha value is -5.11. The zero-order chi connectivity index (χ0) is 70.7. The van der Waals surface area contributed by atoms with Crippen LogP contribution in [0.15, 0.2) is 42.0 Å². The molecular weight excluding hydrogens is 1540 g/mol. The summed E-state index contributed by atoms with van der Waals surface area (Å²) in [7, 11) is 0. The number of aliphatic hydroxyl groups is 1. The van der Waals surface area contributed by atoms with Crippen molar-refractivity contribution in [2.75, 3.05) is 0 Å². The van der Waals surface area contributed by atoms with Crippen LogP contribution in [-0.4, -0.2) is 82.4 Å². The maximum Gasteiger partial charge on any atom is -0.870 e. The van der Waals surface area contributed by atoms with Crippen LogP contribution in [0.1, 0.15) is 231 Å². The maximum absolute atomic E-state index is 11.4. The van der Waals surface area contributed by atoms with E-state index in [0.29, 0.717) is 48.9 Å². The van der Waals surface area contributed by atoms with Gasteiger partial charge < -0.3 is 59.8 Å². The van der Waals surface area contributed by atoms with Gasteiger partial charge in [0.1, 0.15) is 62.8 Å². The molecule has 0 aliphatic carbocycles. The van der Waals surface area contributed by atoms with Gasteiger partial charge in [-0.2, -0.15) is 0 Å². The number of phenols is 3. The van der Waals surface area contributed by atoms with E-state index in [9.17, 15) is 39.6 Å². The Morgan fingerprint density at radius 2 is 0.883 bits per heavy atom. The van der Waals surface area contributed by atoms with Crippen molar-refractivity contribution in [2.45, 2.75) is 272 Å². The number of carbonyl (C=O) groups is 4. The Kier molecular flexibility index (Phi) is 37.2. The third-order valence-electron chi connectivity index (χ3n) is 17.8. The van der Waals surface area contributed by atoms with Crippen LogP contribution in [0.4, 0.5) is 0 Å². The van der Waals surface area contributed by atoms with Crippen LogP contribution in [-0.2, 0) is 38.4 Å². The van der Waals surface area contributed by atoms with Crippen LogP contribution in [0.2, 0.25) is 0 Å². The average Bonchev–Trinajstić information content (AvgIpc) is 0.789. The molecular formula is C75H111I3O16-2. The molecule has 530 valence electrons. The first-order valence-corrected chi connectivity index (χ1v) is 44.0. The van der Waals surface area contributed by atoms with E-state index in [4.69, 9.17) is 33.9 Å². The number of aromatic hydroxyl groups is 3. The summed E-state index contributed by atoms with van der Waals surface area (Å²) in [6, 6.07) is 1.57. The summed E-state index contributed by atoms with van der Waals surface area (Å²) in [5, 5.41) is 56.1. The molecule has 0 bridgehead atoms. The molecule has 0 spiro atoms. The van der Waals surface area contributed by atoms with Gasteiger partial charge in [-0.15, -0.1) is 6.58 Å². The number of carboxylic acids is 2. The van der Waals surface area contributed by atoms with Crippen molar-refractivity contribution in [1.82, 2.24) is 0 Å². The molecule has 3 heterocycles. The van der Waals surface area contributed by atoms with Crippen LogP contribution in [0.3, 0.4) is 0 Å². The molecule has 19 heteroatoms. The van der Waals surface area contributed by atoms with Crippen LogP contribution in [0.25, 0.3) is 0 Å². The fourth-order valence-electron chi connectivity index (χ4n) is 11.2. The number of phenolic OH excluding ortho intramolecular Hbond substituents is 3. The third-order valence-corrected chi connectivity index (χ3v) is 17.8. The van der Waals surface area contributed by atoms with Crippen molar-refractivity contribution in [3.05, 3.63) is 125 Å². The summed E-state index contributed by atoms with van der Waals surface area (Å²) in [5.41, 5.74) is 14.9. The summed E-state index contributed by atoms with van der Waals surface area (Å²) in [6.07, 6.45) is 16.0. The van der Waals surface area contributed by atoms with Crippen LogP contribution >= 0.6 is 37.2 Å². The second-order valence-electron chi connectivity index (χ2n) is 26.3. The van der Waals surface area contributed by atoms with Gasteiger partial charge in [0, 0.05) is 43.4 Å². The number of aryl methyl sites for hydroxylation is 1. The Balaban J connectivity index is 0.00000117. The molecule has 0 radical (unpaired) electrons. The Labute approximate surface area is 592 Å². The normalized spacial score (nSPS) is 17.5. The SMILES string of the molecule is C.C=C[C@@](C)(O)CCC=C(C)C.CC(=O)Oc1c(C)c(C)c2c(c1C)CC[C@@](C)(CCC(=O)O)O2.CC(=O)Oc1c(C)c(C)c2c(c1C)CC[C@@](C)(CCC=C(C)C)O2.Cc1c(C)c2c(c(C)c1O)CC[C@@](C)(CCC(=O)O)O2.Cc1cc(O)c(C)c(C)c1O.I[I-]I.[OH-]. The van der Waals surface area contributed by atoms with Gasteiger partial charge in [-0.3, -0.25) is 19.2 Å². The minimum absolute atomic E-state index is 0. The molecule has 0 unspecified atom stereocenters. The van der Waals surface area contributed by atoms with Crippen molar-refractivity contribution in [3.8, 4) is 46.0 Å². The molecule has 3 aliphatic heterocycles. The van der Waals surface area contributed by atoms with Crippen molar-refractivity contribution < 1.29 is 92.2 Å². The van der Waals surface area contributed by atoms with Gasteiger partial charge in [0.15, 0.2) is 0 Å². The zero-order valence-electron chi connectivity index (χ0n) is 59.4. The Morgan fingerprint density at radius 3 is 1.22 bits per heavy atom. The van der Waals surface area contributed by atoms with Crippen molar-refractivity contribution in [2.24, 2.45) is 0 Å². The smallest absolute Gasteiger partial charge is 0.870 e. The summed E-state index contributed by atoms with van der Waals surface area (Å²) in [6.45, 7) is 45.6. The third kappa shape index (κ3) is 26.0. The quantitative estimate of drug-likeness (QED) is 0.0212. The predicted octanol–water partition coefficient (Wildman–Crippen LogP) is 16.0. The minimum Gasteiger partial charge on any atom is -0.870 e. The number of rotatable bonds is 15. The second kappa shape index (κ2) is 39.3. The predicted molar refractivity (Wildman–Crippen MR) is 391 cm³/mol. The Morgan fingerprint density at radius 1 is 0.553 bits per heavy atom. The first kappa shape index (κ1) is 88.9. The average molecular weight is 1650 g/mol. The molecule has 7 N–H and O–H groups in total. The molecule has 3 aliphatic rings. The largest absolute Gasteiger partial charge is 0.870 e. The van der Waals surface area contributed by atoms with Crippen molar-refractivity contribution in [1.29, 1.82) is 0 Å². The number of carboxylic acid groups (broad SMARTS) is 2. The summed E-state index contributed by atoms with van der Waals surface area (Å²) in [4.78, 5) is 44.4. The number of fused-ring (bicyclic) bond motifs is 3. The molecule has 0 saturated heterocycles. The van der Waals surface area contributed by atoms with E-state index in [-0.39, 0.29) is 54.8 Å². The van der Waals surface area contributed by atoms with Gasteiger partial charge >= 0.3 is 74.4 Å². The molecule has 4 aromatic rings. The van der Waals surface area contributed by atoms with E-state index in [2.05, 4.69) is 97.5 Å². The number of hydrogen-bond acceptors (Lipinski definition) is 14. The van der Waals surface area contributed by atoms with Gasteiger partial charge in [-0.25, -0.2) is 0 Å². The first-order chi connectivity index (χ1) is 42.5. The molecule has 7 rings (SSSR count). The molecule has 94 heavy (non-hydrogen) atoms. The van der Waals surface area contributed by atoms with Crippen molar-refractivity contribution >= 4 is 61.1 Å². The standard InChI is InChI=1S/C21H30O3.C18H24O5.C16H22O4.C10H18O.C9H12O2.CH4.I3.H2O/c1-13(2)9-8-11-21(7)12-10-18-16(5)19(23-17(6)22)14(3)15(4)20(18)24-21;1-10-11(2)17-14(12(3)16(10)22-13(4)19)6-8-18(5,23-17)9-7-15(20)21;1-9-10(2)15-12(11(3)14(9)19)5-7-16(4,20-15)8-6-13(17)18;1-5-10(4,11)8-6-7-9(2)3;1-5-4-8(10)6(2)7(3)9(5)11;;1-3-2;/h9H,8,10-12H2,1-7H3;6-9H2,1-5H3,(H,20,21);19H,5-8H2,1-4H3,(H,17,18);5,7,11H,1,6,8H2,2-4H3;4,10-11H,1-3H3;1H4;;1H2/q;;;;;;-1;/p-1/t21-;18-;16-;10-;;;;/m1001..../s1. The van der Waals surface area contributed by atoms with Gasteiger partial charge in [0.25, 0.3) is 0 Å². The molecule has 0 aromatic heterocycles. The molecule has 4 aromatic carbocycles. The van der Waals surface area contributed by atoms with E-state index in [1.807, 2.05) is 69.2 Å². The number of ether oxygens (including phenoxy) is 5. The number of esters is 2.